The average molecular weight is 201 g/mol. The van der Waals surface area contributed by atoms with E-state index in [0.717, 1.165) is 6.42 Å². The molecule has 1 aliphatic heterocycles. The summed E-state index contributed by atoms with van der Waals surface area (Å²) in [7, 11) is 0. The molecule has 15 heavy (non-hydrogen) atoms. The minimum absolute atomic E-state index is 0.0969. The van der Waals surface area contributed by atoms with Crippen LogP contribution in [-0.2, 0) is 0 Å². The number of nitrogens with zero attached hydrogens (tertiary/aromatic N) is 1. The van der Waals surface area contributed by atoms with E-state index in [9.17, 15) is 0 Å². The van der Waals surface area contributed by atoms with Gasteiger partial charge in [-0.25, -0.2) is 0 Å². The van der Waals surface area contributed by atoms with E-state index in [2.05, 4.69) is 44.2 Å². The van der Waals surface area contributed by atoms with Crippen LogP contribution in [0, 0.1) is 0 Å². The Bertz CT molecular complexity index is 410. The highest BCUT2D eigenvalue weighted by Crippen LogP contribution is 2.26. The molecule has 1 aromatic rings. The van der Waals surface area contributed by atoms with Crippen molar-refractivity contribution in [3.05, 3.63) is 34.8 Å². The smallest absolute Gasteiger partial charge is 0.0801 e. The molecule has 1 atom stereocenters. The van der Waals surface area contributed by atoms with E-state index in [4.69, 9.17) is 4.99 Å². The third-order valence-corrected chi connectivity index (χ3v) is 3.28. The Balaban J connectivity index is 2.37. The number of hydrogen-bond donors (Lipinski definition) is 0. The van der Waals surface area contributed by atoms with Gasteiger partial charge in [-0.05, 0) is 30.2 Å². The van der Waals surface area contributed by atoms with Gasteiger partial charge in [0, 0.05) is 0 Å². The van der Waals surface area contributed by atoms with Gasteiger partial charge >= 0.3 is 0 Å². The number of unbranched alkanes of at least 4 members (excludes halogenated alkanes) is 1. The Morgan fingerprint density at radius 1 is 1.20 bits per heavy atom. The molecule has 0 saturated heterocycles. The molecule has 2 rings (SSSR count). The van der Waals surface area contributed by atoms with Crippen LogP contribution in [0.25, 0.3) is 6.08 Å². The molecule has 0 aromatic heterocycles. The number of rotatable bonds is 4. The fraction of sp³-hybridized carbons (Fsp3) is 0.500. The van der Waals surface area contributed by atoms with Gasteiger partial charge in [-0.15, -0.1) is 0 Å². The second kappa shape index (κ2) is 4.18. The third kappa shape index (κ3) is 1.97. The number of benzene rings is 1. The van der Waals surface area contributed by atoms with Gasteiger partial charge in [-0.1, -0.05) is 44.9 Å². The number of para-hydroxylation sites is 1. The van der Waals surface area contributed by atoms with Gasteiger partial charge in [-0.3, -0.25) is 4.99 Å². The van der Waals surface area contributed by atoms with E-state index in [-0.39, 0.29) is 5.54 Å². The molecule has 0 bridgehead atoms. The van der Waals surface area contributed by atoms with Crippen LogP contribution in [0.15, 0.2) is 29.3 Å². The van der Waals surface area contributed by atoms with Crippen LogP contribution < -0.4 is 10.6 Å². The zero-order valence-corrected chi connectivity index (χ0v) is 9.66. The van der Waals surface area contributed by atoms with Crippen molar-refractivity contribution in [1.29, 1.82) is 0 Å². The Hall–Kier alpha value is -1.11. The van der Waals surface area contributed by atoms with Crippen LogP contribution in [0.3, 0.4) is 0 Å². The molecule has 0 N–H and O–H groups in total. The summed E-state index contributed by atoms with van der Waals surface area (Å²) in [6.07, 6.45) is 7.18. The topological polar surface area (TPSA) is 12.4 Å². The SMILES string of the molecule is CCCCC1(CC)C=c2ccccc2=N1. The van der Waals surface area contributed by atoms with E-state index < -0.39 is 0 Å². The maximum absolute atomic E-state index is 4.88. The van der Waals surface area contributed by atoms with E-state index in [0.29, 0.717) is 0 Å². The predicted molar refractivity (Wildman–Crippen MR) is 64.2 cm³/mol. The summed E-state index contributed by atoms with van der Waals surface area (Å²) in [5.41, 5.74) is 0.0969. The molecule has 0 amide bonds. The summed E-state index contributed by atoms with van der Waals surface area (Å²) in [6, 6.07) is 8.45. The molecule has 0 saturated carbocycles. The molecule has 0 aliphatic carbocycles. The summed E-state index contributed by atoms with van der Waals surface area (Å²) in [5.74, 6) is 0. The molecule has 0 fully saturated rings. The van der Waals surface area contributed by atoms with Crippen LogP contribution >= 0.6 is 0 Å². The van der Waals surface area contributed by atoms with Crippen molar-refractivity contribution < 1.29 is 0 Å². The van der Waals surface area contributed by atoms with E-state index in [1.165, 1.54) is 29.8 Å². The first-order valence-electron chi connectivity index (χ1n) is 5.97. The monoisotopic (exact) mass is 201 g/mol. The molecular formula is C14H19N. The van der Waals surface area contributed by atoms with Crippen LogP contribution in [0.1, 0.15) is 39.5 Å². The Morgan fingerprint density at radius 2 is 2.00 bits per heavy atom. The standard InChI is InChI=1S/C14H19N/c1-3-5-10-14(4-2)11-12-8-6-7-9-13(12)15-14/h6-9,11H,3-5,10H2,1-2H3. The zero-order chi connectivity index (χ0) is 10.7. The molecule has 0 spiro atoms. The minimum atomic E-state index is 0.0969. The molecule has 1 unspecified atom stereocenters. The summed E-state index contributed by atoms with van der Waals surface area (Å²) < 4.78 is 0. The fourth-order valence-corrected chi connectivity index (χ4v) is 2.24. The second-order valence-corrected chi connectivity index (χ2v) is 4.38. The van der Waals surface area contributed by atoms with E-state index >= 15 is 0 Å². The largest absolute Gasteiger partial charge is 0.274 e. The summed E-state index contributed by atoms with van der Waals surface area (Å²) >= 11 is 0. The number of fused-ring (bicyclic) bond motifs is 1. The van der Waals surface area contributed by atoms with Gasteiger partial charge in [0.05, 0.1) is 10.9 Å². The zero-order valence-electron chi connectivity index (χ0n) is 9.66. The van der Waals surface area contributed by atoms with Gasteiger partial charge < -0.3 is 0 Å². The normalized spacial score (nSPS) is 23.1. The summed E-state index contributed by atoms with van der Waals surface area (Å²) in [4.78, 5) is 4.88. The number of hydrogen-bond acceptors (Lipinski definition) is 1. The van der Waals surface area contributed by atoms with Gasteiger partial charge in [0.25, 0.3) is 0 Å². The maximum atomic E-state index is 4.88. The van der Waals surface area contributed by atoms with Crippen molar-refractivity contribution in [2.75, 3.05) is 0 Å². The molecule has 0 radical (unpaired) electrons. The average Bonchev–Trinajstić information content (AvgIpc) is 2.65. The lowest BCUT2D eigenvalue weighted by molar-refractivity contribution is 0.477. The Labute approximate surface area is 91.6 Å². The van der Waals surface area contributed by atoms with Crippen LogP contribution in [0.5, 0.6) is 0 Å². The van der Waals surface area contributed by atoms with E-state index in [1.807, 2.05) is 0 Å². The van der Waals surface area contributed by atoms with E-state index in [1.54, 1.807) is 0 Å². The first kappa shape index (κ1) is 10.4. The molecule has 1 heteroatoms. The lowest BCUT2D eigenvalue weighted by Crippen LogP contribution is -2.20. The fourth-order valence-electron chi connectivity index (χ4n) is 2.24. The first-order chi connectivity index (χ1) is 7.29. The van der Waals surface area contributed by atoms with Crippen molar-refractivity contribution in [3.8, 4) is 0 Å². The van der Waals surface area contributed by atoms with Gasteiger partial charge in [-0.2, -0.15) is 0 Å². The highest BCUT2D eigenvalue weighted by Gasteiger charge is 2.26. The molecule has 80 valence electrons. The van der Waals surface area contributed by atoms with Crippen molar-refractivity contribution >= 4 is 6.08 Å². The Kier molecular flexibility index (Phi) is 2.90. The van der Waals surface area contributed by atoms with Crippen LogP contribution in [-0.4, -0.2) is 5.54 Å². The molecular weight excluding hydrogens is 182 g/mol. The molecule has 1 aromatic carbocycles. The lowest BCUT2D eigenvalue weighted by atomic mass is 9.91. The van der Waals surface area contributed by atoms with Gasteiger partial charge in [0.1, 0.15) is 0 Å². The quantitative estimate of drug-likeness (QED) is 0.709. The minimum Gasteiger partial charge on any atom is -0.274 e. The van der Waals surface area contributed by atoms with Crippen molar-refractivity contribution in [2.45, 2.75) is 45.1 Å². The van der Waals surface area contributed by atoms with Crippen molar-refractivity contribution in [2.24, 2.45) is 4.99 Å². The second-order valence-electron chi connectivity index (χ2n) is 4.38. The molecule has 1 aliphatic rings. The van der Waals surface area contributed by atoms with Gasteiger partial charge in [0.15, 0.2) is 0 Å². The van der Waals surface area contributed by atoms with Crippen LogP contribution in [0.4, 0.5) is 0 Å². The van der Waals surface area contributed by atoms with Crippen molar-refractivity contribution in [3.63, 3.8) is 0 Å². The molecule has 1 nitrogen and oxygen atoms in total. The first-order valence-corrected chi connectivity index (χ1v) is 5.97. The molecule has 1 heterocycles. The third-order valence-electron chi connectivity index (χ3n) is 3.28. The van der Waals surface area contributed by atoms with Crippen LogP contribution in [0.2, 0.25) is 0 Å². The van der Waals surface area contributed by atoms with Gasteiger partial charge in [0.2, 0.25) is 0 Å². The maximum Gasteiger partial charge on any atom is 0.0801 e. The van der Waals surface area contributed by atoms with Crippen molar-refractivity contribution in [1.82, 2.24) is 0 Å². The Morgan fingerprint density at radius 3 is 2.67 bits per heavy atom. The highest BCUT2D eigenvalue weighted by atomic mass is 14.9. The summed E-state index contributed by atoms with van der Waals surface area (Å²) in [5, 5.41) is 2.49. The summed E-state index contributed by atoms with van der Waals surface area (Å²) in [6.45, 7) is 4.48. The predicted octanol–water partition coefficient (Wildman–Crippen LogP) is 2.44. The lowest BCUT2D eigenvalue weighted by Gasteiger charge is -2.21. The highest BCUT2D eigenvalue weighted by molar-refractivity contribution is 5.41.